The van der Waals surface area contributed by atoms with E-state index in [9.17, 15) is 19.2 Å². The summed E-state index contributed by atoms with van der Waals surface area (Å²) in [4.78, 5) is 51.8. The van der Waals surface area contributed by atoms with Crippen molar-refractivity contribution in [3.63, 3.8) is 0 Å². The standard InChI is InChI=1S/C21H21N3O7S/c1-3-30-20(27)23-9-8-12-15(10-23)32-18(17(12)19(26)29-2)22-16(25)11-24-13-6-4-5-7-14(13)31-21(24)28/h4-7H,3,8-11H2,1-2H3,(H,22,25). The number of nitrogens with one attached hydrogen (secondary N) is 1. The van der Waals surface area contributed by atoms with E-state index in [-0.39, 0.29) is 25.3 Å². The van der Waals surface area contributed by atoms with Gasteiger partial charge in [-0.15, -0.1) is 11.3 Å². The molecule has 0 saturated carbocycles. The summed E-state index contributed by atoms with van der Waals surface area (Å²) in [5, 5.41) is 3.04. The lowest BCUT2D eigenvalue weighted by Gasteiger charge is -2.26. The van der Waals surface area contributed by atoms with Crippen molar-refractivity contribution in [1.82, 2.24) is 9.47 Å². The van der Waals surface area contributed by atoms with Crippen LogP contribution in [0.3, 0.4) is 0 Å². The van der Waals surface area contributed by atoms with E-state index < -0.39 is 23.7 Å². The van der Waals surface area contributed by atoms with Crippen molar-refractivity contribution in [2.24, 2.45) is 0 Å². The van der Waals surface area contributed by atoms with Gasteiger partial charge in [0.2, 0.25) is 5.91 Å². The van der Waals surface area contributed by atoms with Gasteiger partial charge in [-0.3, -0.25) is 9.36 Å². The van der Waals surface area contributed by atoms with Gasteiger partial charge in [0.1, 0.15) is 11.5 Å². The van der Waals surface area contributed by atoms with Crippen LogP contribution in [-0.2, 0) is 33.8 Å². The molecule has 1 aliphatic rings. The molecule has 0 spiro atoms. The molecule has 2 amide bonds. The first-order valence-corrected chi connectivity index (χ1v) is 10.8. The topological polar surface area (TPSA) is 120 Å². The molecule has 0 unspecified atom stereocenters. The summed E-state index contributed by atoms with van der Waals surface area (Å²) >= 11 is 1.20. The van der Waals surface area contributed by atoms with Crippen molar-refractivity contribution in [2.75, 3.05) is 25.6 Å². The van der Waals surface area contributed by atoms with Crippen LogP contribution in [0.1, 0.15) is 27.7 Å². The first-order valence-electron chi connectivity index (χ1n) is 9.95. The highest BCUT2D eigenvalue weighted by Gasteiger charge is 2.31. The van der Waals surface area contributed by atoms with Gasteiger partial charge in [-0.05, 0) is 31.0 Å². The number of nitrogens with zero attached hydrogens (tertiary/aromatic N) is 2. The maximum Gasteiger partial charge on any atom is 0.420 e. The molecule has 3 aromatic rings. The lowest BCUT2D eigenvalue weighted by molar-refractivity contribution is -0.116. The van der Waals surface area contributed by atoms with E-state index in [2.05, 4.69) is 5.32 Å². The number of hydrogen-bond donors (Lipinski definition) is 1. The molecular formula is C21H21N3O7S. The van der Waals surface area contributed by atoms with Crippen LogP contribution in [0.15, 0.2) is 33.5 Å². The molecule has 10 nitrogen and oxygen atoms in total. The summed E-state index contributed by atoms with van der Waals surface area (Å²) in [7, 11) is 1.27. The summed E-state index contributed by atoms with van der Waals surface area (Å²) in [6, 6.07) is 6.79. The highest BCUT2D eigenvalue weighted by Crippen LogP contribution is 2.37. The first-order chi connectivity index (χ1) is 15.4. The molecule has 0 bridgehead atoms. The van der Waals surface area contributed by atoms with Crippen molar-refractivity contribution in [2.45, 2.75) is 26.4 Å². The molecule has 1 aromatic carbocycles. The third-order valence-electron chi connectivity index (χ3n) is 5.10. The fourth-order valence-electron chi connectivity index (χ4n) is 3.65. The van der Waals surface area contributed by atoms with Crippen molar-refractivity contribution in [1.29, 1.82) is 0 Å². The molecule has 0 atom stereocenters. The van der Waals surface area contributed by atoms with E-state index in [0.29, 0.717) is 29.1 Å². The molecule has 0 aliphatic carbocycles. The van der Waals surface area contributed by atoms with Crippen LogP contribution < -0.4 is 11.1 Å². The number of ether oxygens (including phenoxy) is 2. The molecule has 1 N–H and O–H groups in total. The van der Waals surface area contributed by atoms with Crippen molar-refractivity contribution in [3.8, 4) is 0 Å². The van der Waals surface area contributed by atoms with Gasteiger partial charge in [-0.2, -0.15) is 0 Å². The third kappa shape index (κ3) is 3.98. The second kappa shape index (κ2) is 8.87. The van der Waals surface area contributed by atoms with Gasteiger partial charge in [0, 0.05) is 11.4 Å². The average Bonchev–Trinajstić information content (AvgIpc) is 3.29. The summed E-state index contributed by atoms with van der Waals surface area (Å²) < 4.78 is 16.4. The van der Waals surface area contributed by atoms with Crippen LogP contribution in [-0.4, -0.2) is 47.7 Å². The van der Waals surface area contributed by atoms with Gasteiger partial charge in [0.05, 0.1) is 31.3 Å². The molecular weight excluding hydrogens is 438 g/mol. The Bertz CT molecular complexity index is 1260. The van der Waals surface area contributed by atoms with Crippen molar-refractivity contribution in [3.05, 3.63) is 50.8 Å². The summed E-state index contributed by atoms with van der Waals surface area (Å²) in [6.45, 7) is 2.37. The number of methoxy groups -OCH3 is 1. The van der Waals surface area contributed by atoms with E-state index in [0.717, 1.165) is 10.4 Å². The van der Waals surface area contributed by atoms with Gasteiger partial charge in [0.15, 0.2) is 5.58 Å². The summed E-state index contributed by atoms with van der Waals surface area (Å²) in [6.07, 6.45) is -0.000452. The van der Waals surface area contributed by atoms with E-state index in [1.165, 1.54) is 23.0 Å². The van der Waals surface area contributed by atoms with Gasteiger partial charge in [0.25, 0.3) is 0 Å². The number of carbonyl (C=O) groups is 3. The number of anilines is 1. The minimum absolute atomic E-state index is 0.267. The molecule has 2 aromatic heterocycles. The first kappa shape index (κ1) is 21.6. The molecule has 0 radical (unpaired) electrons. The van der Waals surface area contributed by atoms with Gasteiger partial charge >= 0.3 is 17.8 Å². The molecule has 4 rings (SSSR count). The Morgan fingerprint density at radius 3 is 2.78 bits per heavy atom. The quantitative estimate of drug-likeness (QED) is 0.582. The highest BCUT2D eigenvalue weighted by atomic mass is 32.1. The number of fused-ring (bicyclic) bond motifs is 2. The van der Waals surface area contributed by atoms with Crippen LogP contribution in [0.2, 0.25) is 0 Å². The number of esters is 1. The zero-order chi connectivity index (χ0) is 22.8. The third-order valence-corrected chi connectivity index (χ3v) is 6.23. The zero-order valence-corrected chi connectivity index (χ0v) is 18.3. The highest BCUT2D eigenvalue weighted by molar-refractivity contribution is 7.17. The predicted molar refractivity (Wildman–Crippen MR) is 116 cm³/mol. The fourth-order valence-corrected chi connectivity index (χ4v) is 4.92. The zero-order valence-electron chi connectivity index (χ0n) is 17.5. The minimum Gasteiger partial charge on any atom is -0.465 e. The van der Waals surface area contributed by atoms with Gasteiger partial charge < -0.3 is 24.1 Å². The number of amides is 2. The van der Waals surface area contributed by atoms with Crippen LogP contribution >= 0.6 is 11.3 Å². The summed E-state index contributed by atoms with van der Waals surface area (Å²) in [5.74, 6) is -1.72. The summed E-state index contributed by atoms with van der Waals surface area (Å²) in [5.41, 5.74) is 1.89. The second-order valence-corrected chi connectivity index (χ2v) is 8.15. The van der Waals surface area contributed by atoms with E-state index in [4.69, 9.17) is 13.9 Å². The number of hydrogen-bond acceptors (Lipinski definition) is 8. The van der Waals surface area contributed by atoms with Crippen molar-refractivity contribution < 1.29 is 28.3 Å². The molecule has 0 saturated heterocycles. The van der Waals surface area contributed by atoms with Crippen LogP contribution in [0.4, 0.5) is 9.80 Å². The largest absolute Gasteiger partial charge is 0.465 e. The number of oxazole rings is 1. The second-order valence-electron chi connectivity index (χ2n) is 7.04. The minimum atomic E-state index is -0.648. The molecule has 0 fully saturated rings. The Morgan fingerprint density at radius 2 is 2.03 bits per heavy atom. The van der Waals surface area contributed by atoms with E-state index in [1.807, 2.05) is 0 Å². The van der Waals surface area contributed by atoms with E-state index in [1.54, 1.807) is 36.1 Å². The lowest BCUT2D eigenvalue weighted by atomic mass is 10.0. The maximum atomic E-state index is 12.8. The number of para-hydroxylation sites is 2. The Labute approximate surface area is 186 Å². The van der Waals surface area contributed by atoms with Crippen LogP contribution in [0.25, 0.3) is 11.1 Å². The normalized spacial score (nSPS) is 13.0. The van der Waals surface area contributed by atoms with Gasteiger partial charge in [-0.25, -0.2) is 14.4 Å². The molecule has 32 heavy (non-hydrogen) atoms. The smallest absolute Gasteiger partial charge is 0.420 e. The Kier molecular flexibility index (Phi) is 5.99. The molecule has 168 valence electrons. The average molecular weight is 459 g/mol. The van der Waals surface area contributed by atoms with Gasteiger partial charge in [-0.1, -0.05) is 12.1 Å². The lowest BCUT2D eigenvalue weighted by Crippen LogP contribution is -2.36. The van der Waals surface area contributed by atoms with Crippen LogP contribution in [0, 0.1) is 0 Å². The SMILES string of the molecule is CCOC(=O)N1CCc2c(sc(NC(=O)Cn3c(=O)oc4ccccc43)c2C(=O)OC)C1. The number of carbonyl (C=O) groups excluding carboxylic acids is 3. The number of rotatable bonds is 5. The fraction of sp³-hybridized carbons (Fsp3) is 0.333. The molecule has 11 heteroatoms. The molecule has 1 aliphatic heterocycles. The Balaban J connectivity index is 1.60. The predicted octanol–water partition coefficient (Wildman–Crippen LogP) is 2.60. The number of thiophene rings is 1. The van der Waals surface area contributed by atoms with Crippen molar-refractivity contribution >= 4 is 45.4 Å². The molecule has 3 heterocycles. The number of aromatic nitrogens is 1. The van der Waals surface area contributed by atoms with E-state index >= 15 is 0 Å². The Hall–Kier alpha value is -3.60. The maximum absolute atomic E-state index is 12.8. The van der Waals surface area contributed by atoms with Crippen LogP contribution in [0.5, 0.6) is 0 Å². The number of benzene rings is 1. The monoisotopic (exact) mass is 459 g/mol. The Morgan fingerprint density at radius 1 is 1.25 bits per heavy atom.